The highest BCUT2D eigenvalue weighted by atomic mass is 16.5. The van der Waals surface area contributed by atoms with Crippen molar-refractivity contribution < 1.29 is 9.53 Å². The molecule has 0 saturated carbocycles. The number of fused-ring (bicyclic) bond motifs is 1. The van der Waals surface area contributed by atoms with Crippen LogP contribution in [0.25, 0.3) is 0 Å². The number of aryl methyl sites for hydroxylation is 1. The normalized spacial score (nSPS) is 15.8. The third kappa shape index (κ3) is 3.78. The molecule has 0 aliphatic heterocycles. The Morgan fingerprint density at radius 3 is 2.67 bits per heavy atom. The standard InChI is InChI=1S/C21H25NO2/c1-3-24-19-12-8-16(9-13-19)15-22(2)21(23)14-18-11-10-17-6-4-5-7-20(17)18/h4-9,12-13,18H,3,10-11,14-15H2,1-2H3. The van der Waals surface area contributed by atoms with Crippen molar-refractivity contribution in [3.63, 3.8) is 0 Å². The predicted molar refractivity (Wildman–Crippen MR) is 96.2 cm³/mol. The van der Waals surface area contributed by atoms with E-state index in [0.717, 1.165) is 24.2 Å². The summed E-state index contributed by atoms with van der Waals surface area (Å²) in [5.41, 5.74) is 3.89. The zero-order chi connectivity index (χ0) is 16.9. The molecular formula is C21H25NO2. The maximum atomic E-state index is 12.6. The molecule has 3 rings (SSSR count). The van der Waals surface area contributed by atoms with Gasteiger partial charge in [0.05, 0.1) is 6.61 Å². The number of benzene rings is 2. The highest BCUT2D eigenvalue weighted by molar-refractivity contribution is 5.77. The van der Waals surface area contributed by atoms with E-state index in [1.807, 2.05) is 43.1 Å². The third-order valence-corrected chi connectivity index (χ3v) is 4.76. The van der Waals surface area contributed by atoms with Crippen LogP contribution < -0.4 is 4.74 Å². The lowest BCUT2D eigenvalue weighted by molar-refractivity contribution is -0.130. The van der Waals surface area contributed by atoms with Crippen LogP contribution in [-0.4, -0.2) is 24.5 Å². The Morgan fingerprint density at radius 1 is 1.17 bits per heavy atom. The van der Waals surface area contributed by atoms with Crippen molar-refractivity contribution in [3.8, 4) is 5.75 Å². The largest absolute Gasteiger partial charge is 0.494 e. The molecule has 0 spiro atoms. The number of hydrogen-bond acceptors (Lipinski definition) is 2. The fourth-order valence-corrected chi connectivity index (χ4v) is 3.44. The Hall–Kier alpha value is -2.29. The summed E-state index contributed by atoms with van der Waals surface area (Å²) in [6.07, 6.45) is 2.78. The molecular weight excluding hydrogens is 298 g/mol. The molecule has 2 aromatic rings. The summed E-state index contributed by atoms with van der Waals surface area (Å²) in [4.78, 5) is 14.4. The average molecular weight is 323 g/mol. The van der Waals surface area contributed by atoms with Crippen LogP contribution in [-0.2, 0) is 17.8 Å². The first-order valence-corrected chi connectivity index (χ1v) is 8.71. The van der Waals surface area contributed by atoms with Crippen LogP contribution >= 0.6 is 0 Å². The van der Waals surface area contributed by atoms with Crippen molar-refractivity contribution in [2.24, 2.45) is 0 Å². The second kappa shape index (κ2) is 7.52. The minimum atomic E-state index is 0.214. The van der Waals surface area contributed by atoms with Gasteiger partial charge in [-0.3, -0.25) is 4.79 Å². The summed E-state index contributed by atoms with van der Waals surface area (Å²) in [5.74, 6) is 1.46. The van der Waals surface area contributed by atoms with Crippen LogP contribution in [0.4, 0.5) is 0 Å². The number of nitrogens with zero attached hydrogens (tertiary/aromatic N) is 1. The van der Waals surface area contributed by atoms with Crippen molar-refractivity contribution in [2.45, 2.75) is 38.6 Å². The summed E-state index contributed by atoms with van der Waals surface area (Å²) in [6, 6.07) is 16.5. The molecule has 1 amide bonds. The summed E-state index contributed by atoms with van der Waals surface area (Å²) in [5, 5.41) is 0. The molecule has 1 atom stereocenters. The second-order valence-electron chi connectivity index (χ2n) is 6.47. The molecule has 2 aromatic carbocycles. The first-order valence-electron chi connectivity index (χ1n) is 8.71. The summed E-state index contributed by atoms with van der Waals surface area (Å²) >= 11 is 0. The minimum absolute atomic E-state index is 0.214. The van der Waals surface area contributed by atoms with Gasteiger partial charge < -0.3 is 9.64 Å². The van der Waals surface area contributed by atoms with Crippen molar-refractivity contribution in [1.82, 2.24) is 4.90 Å². The Morgan fingerprint density at radius 2 is 1.92 bits per heavy atom. The van der Waals surface area contributed by atoms with E-state index < -0.39 is 0 Å². The molecule has 3 heteroatoms. The third-order valence-electron chi connectivity index (χ3n) is 4.76. The van der Waals surface area contributed by atoms with Gasteiger partial charge in [-0.05, 0) is 54.5 Å². The van der Waals surface area contributed by atoms with Crippen LogP contribution in [0.1, 0.15) is 42.4 Å². The smallest absolute Gasteiger partial charge is 0.223 e. The Bertz CT molecular complexity index is 693. The Kier molecular flexibility index (Phi) is 5.19. The van der Waals surface area contributed by atoms with Crippen LogP contribution in [0.2, 0.25) is 0 Å². The number of carbonyl (C=O) groups is 1. The Labute approximate surface area is 144 Å². The van der Waals surface area contributed by atoms with Gasteiger partial charge in [-0.1, -0.05) is 36.4 Å². The fourth-order valence-electron chi connectivity index (χ4n) is 3.44. The molecule has 0 fully saturated rings. The van der Waals surface area contributed by atoms with Crippen molar-refractivity contribution in [1.29, 1.82) is 0 Å². The summed E-state index contributed by atoms with van der Waals surface area (Å²) in [7, 11) is 1.89. The average Bonchev–Trinajstić information content (AvgIpc) is 3.00. The first kappa shape index (κ1) is 16.6. The number of rotatable bonds is 6. The lowest BCUT2D eigenvalue weighted by Crippen LogP contribution is -2.27. The van der Waals surface area contributed by atoms with Crippen LogP contribution in [0.15, 0.2) is 48.5 Å². The first-order chi connectivity index (χ1) is 11.7. The van der Waals surface area contributed by atoms with Gasteiger partial charge in [0.15, 0.2) is 0 Å². The minimum Gasteiger partial charge on any atom is -0.494 e. The maximum absolute atomic E-state index is 12.6. The molecule has 3 nitrogen and oxygen atoms in total. The number of hydrogen-bond donors (Lipinski definition) is 0. The molecule has 1 aliphatic carbocycles. The van der Waals surface area contributed by atoms with Crippen molar-refractivity contribution in [2.75, 3.05) is 13.7 Å². The van der Waals surface area contributed by atoms with Gasteiger partial charge in [0.2, 0.25) is 5.91 Å². The molecule has 0 bridgehead atoms. The van der Waals surface area contributed by atoms with Gasteiger partial charge in [-0.25, -0.2) is 0 Å². The molecule has 0 aromatic heterocycles. The van der Waals surface area contributed by atoms with E-state index in [1.54, 1.807) is 0 Å². The highest BCUT2D eigenvalue weighted by Crippen LogP contribution is 2.35. The van der Waals surface area contributed by atoms with Gasteiger partial charge in [0.25, 0.3) is 0 Å². The zero-order valence-electron chi connectivity index (χ0n) is 14.5. The molecule has 0 saturated heterocycles. The molecule has 126 valence electrons. The van der Waals surface area contributed by atoms with E-state index in [-0.39, 0.29) is 5.91 Å². The highest BCUT2D eigenvalue weighted by Gasteiger charge is 2.25. The van der Waals surface area contributed by atoms with Crippen LogP contribution in [0.5, 0.6) is 5.75 Å². The number of ether oxygens (including phenoxy) is 1. The fraction of sp³-hybridized carbons (Fsp3) is 0.381. The van der Waals surface area contributed by atoms with E-state index in [4.69, 9.17) is 4.74 Å². The quantitative estimate of drug-likeness (QED) is 0.799. The number of amides is 1. The van der Waals surface area contributed by atoms with Crippen LogP contribution in [0, 0.1) is 0 Å². The SMILES string of the molecule is CCOc1ccc(CN(C)C(=O)CC2CCc3ccccc32)cc1. The van der Waals surface area contributed by atoms with E-state index in [1.165, 1.54) is 11.1 Å². The summed E-state index contributed by atoms with van der Waals surface area (Å²) in [6.45, 7) is 3.28. The maximum Gasteiger partial charge on any atom is 0.223 e. The van der Waals surface area contributed by atoms with Crippen LogP contribution in [0.3, 0.4) is 0 Å². The second-order valence-corrected chi connectivity index (χ2v) is 6.47. The van der Waals surface area contributed by atoms with Gasteiger partial charge in [-0.2, -0.15) is 0 Å². The van der Waals surface area contributed by atoms with Gasteiger partial charge in [-0.15, -0.1) is 0 Å². The lowest BCUT2D eigenvalue weighted by atomic mass is 9.97. The molecule has 1 unspecified atom stereocenters. The molecule has 24 heavy (non-hydrogen) atoms. The van der Waals surface area contributed by atoms with E-state index >= 15 is 0 Å². The number of carbonyl (C=O) groups excluding carboxylic acids is 1. The van der Waals surface area contributed by atoms with Gasteiger partial charge >= 0.3 is 0 Å². The van der Waals surface area contributed by atoms with Gasteiger partial charge in [0.1, 0.15) is 5.75 Å². The van der Waals surface area contributed by atoms with Crippen molar-refractivity contribution in [3.05, 3.63) is 65.2 Å². The van der Waals surface area contributed by atoms with Crippen molar-refractivity contribution >= 4 is 5.91 Å². The lowest BCUT2D eigenvalue weighted by Gasteiger charge is -2.20. The predicted octanol–water partition coefficient (Wildman–Crippen LogP) is 4.16. The van der Waals surface area contributed by atoms with Gasteiger partial charge in [0, 0.05) is 20.0 Å². The van der Waals surface area contributed by atoms with E-state index in [2.05, 4.69) is 24.3 Å². The molecule has 0 heterocycles. The molecule has 1 aliphatic rings. The monoisotopic (exact) mass is 323 g/mol. The Balaban J connectivity index is 1.57. The van der Waals surface area contributed by atoms with E-state index in [0.29, 0.717) is 25.5 Å². The van der Waals surface area contributed by atoms with E-state index in [9.17, 15) is 4.79 Å². The zero-order valence-corrected chi connectivity index (χ0v) is 14.5. The molecule has 0 N–H and O–H groups in total. The molecule has 0 radical (unpaired) electrons. The summed E-state index contributed by atoms with van der Waals surface area (Å²) < 4.78 is 5.45. The topological polar surface area (TPSA) is 29.5 Å².